The summed E-state index contributed by atoms with van der Waals surface area (Å²) in [5.74, 6) is 2.98. The molecule has 1 aliphatic heterocycles. The van der Waals surface area contributed by atoms with E-state index in [1.807, 2.05) is 24.4 Å². The number of hydrogen-bond acceptors (Lipinski definition) is 4. The van der Waals surface area contributed by atoms with E-state index in [2.05, 4.69) is 16.2 Å². The summed E-state index contributed by atoms with van der Waals surface area (Å²) in [6.07, 6.45) is 5.79. The first-order valence-electron chi connectivity index (χ1n) is 7.83. The second-order valence-electron chi connectivity index (χ2n) is 6.20. The van der Waals surface area contributed by atoms with E-state index in [4.69, 9.17) is 23.1 Å². The highest BCUT2D eigenvalue weighted by Crippen LogP contribution is 2.34. The van der Waals surface area contributed by atoms with E-state index in [1.54, 1.807) is 17.0 Å². The summed E-state index contributed by atoms with van der Waals surface area (Å²) < 4.78 is 0. The van der Waals surface area contributed by atoms with Crippen LogP contribution in [0.3, 0.4) is 0 Å². The van der Waals surface area contributed by atoms with Crippen molar-refractivity contribution >= 4 is 34.1 Å². The minimum Gasteiger partial charge on any atom is -0.396 e. The molecule has 3 rings (SSSR count). The highest BCUT2D eigenvalue weighted by molar-refractivity contribution is 7.14. The number of likely N-dealkylation sites (tertiary alicyclic amines) is 1. The van der Waals surface area contributed by atoms with Crippen LogP contribution >= 0.6 is 22.9 Å². The Morgan fingerprint density at radius 3 is 2.80 bits per heavy atom. The smallest absolute Gasteiger partial charge is 0.323 e. The molecule has 25 heavy (non-hydrogen) atoms. The molecule has 0 saturated carbocycles. The number of urea groups is 1. The van der Waals surface area contributed by atoms with Crippen LogP contribution in [0.15, 0.2) is 29.6 Å². The Kier molecular flexibility index (Phi) is 5.00. The molecule has 2 aromatic rings. The minimum absolute atomic E-state index is 0.104. The van der Waals surface area contributed by atoms with E-state index in [-0.39, 0.29) is 18.6 Å². The van der Waals surface area contributed by atoms with Crippen molar-refractivity contribution in [3.8, 4) is 12.3 Å². The van der Waals surface area contributed by atoms with Crippen molar-refractivity contribution in [1.82, 2.24) is 9.88 Å². The number of carbonyl (C=O) groups is 1. The average molecular weight is 376 g/mol. The zero-order valence-electron chi connectivity index (χ0n) is 13.7. The van der Waals surface area contributed by atoms with Gasteiger partial charge in [-0.2, -0.15) is 0 Å². The molecule has 1 saturated heterocycles. The number of nitrogens with zero attached hydrogens (tertiary/aromatic N) is 2. The van der Waals surface area contributed by atoms with E-state index in [0.717, 1.165) is 5.56 Å². The quantitative estimate of drug-likeness (QED) is 0.806. The molecule has 0 radical (unpaired) electrons. The van der Waals surface area contributed by atoms with Gasteiger partial charge >= 0.3 is 6.03 Å². The van der Waals surface area contributed by atoms with Crippen LogP contribution in [-0.4, -0.2) is 40.7 Å². The highest BCUT2D eigenvalue weighted by atomic mass is 35.5. The fourth-order valence-electron chi connectivity index (χ4n) is 2.67. The lowest BCUT2D eigenvalue weighted by Crippen LogP contribution is -2.52. The molecule has 1 atom stereocenters. The van der Waals surface area contributed by atoms with Crippen molar-refractivity contribution in [2.45, 2.75) is 12.3 Å². The Bertz CT molecular complexity index is 808. The molecule has 1 aliphatic rings. The molecule has 1 aromatic heterocycles. The number of rotatable bonds is 4. The molecule has 1 fully saturated rings. The van der Waals surface area contributed by atoms with Crippen LogP contribution in [0.1, 0.15) is 18.2 Å². The number of carbonyl (C=O) groups excluding carboxylic acids is 1. The molecular weight excluding hydrogens is 358 g/mol. The third-order valence-corrected chi connectivity index (χ3v) is 5.45. The Hall–Kier alpha value is -2.07. The van der Waals surface area contributed by atoms with Gasteiger partial charge in [-0.15, -0.1) is 17.8 Å². The second-order valence-corrected chi connectivity index (χ2v) is 7.49. The maximum absolute atomic E-state index is 12.1. The second kappa shape index (κ2) is 7.04. The van der Waals surface area contributed by atoms with Crippen molar-refractivity contribution < 1.29 is 9.90 Å². The monoisotopic (exact) mass is 375 g/mol. The fraction of sp³-hybridized carbons (Fsp3) is 0.333. The van der Waals surface area contributed by atoms with Crippen LogP contribution in [0.2, 0.25) is 5.02 Å². The number of terminal acetylenes is 1. The zero-order valence-corrected chi connectivity index (χ0v) is 15.3. The summed E-state index contributed by atoms with van der Waals surface area (Å²) in [5, 5.41) is 14.8. The van der Waals surface area contributed by atoms with Crippen LogP contribution < -0.4 is 5.32 Å². The lowest BCUT2D eigenvalue weighted by Gasteiger charge is -2.37. The molecule has 130 valence electrons. The number of amides is 2. The summed E-state index contributed by atoms with van der Waals surface area (Å²) in [6, 6.07) is 7.15. The average Bonchev–Trinajstić information content (AvgIpc) is 3.03. The SMILES string of the molecule is C#C[C@@](C)(c1ccc(Cl)cc1)c1csc(NC(=O)N2CC(CO)C2)n1. The van der Waals surface area contributed by atoms with Gasteiger partial charge in [0.2, 0.25) is 0 Å². The van der Waals surface area contributed by atoms with E-state index in [9.17, 15) is 4.79 Å². The van der Waals surface area contributed by atoms with Gasteiger partial charge < -0.3 is 10.0 Å². The molecule has 5 nitrogen and oxygen atoms in total. The number of hydrogen-bond donors (Lipinski definition) is 2. The van der Waals surface area contributed by atoms with Gasteiger partial charge in [-0.25, -0.2) is 9.78 Å². The summed E-state index contributed by atoms with van der Waals surface area (Å²) in [7, 11) is 0. The maximum atomic E-state index is 12.1. The van der Waals surface area contributed by atoms with Gasteiger partial charge in [0.1, 0.15) is 0 Å². The number of benzene rings is 1. The van der Waals surface area contributed by atoms with E-state index >= 15 is 0 Å². The van der Waals surface area contributed by atoms with Gasteiger partial charge in [-0.05, 0) is 24.6 Å². The number of aromatic nitrogens is 1. The van der Waals surface area contributed by atoms with Gasteiger partial charge in [0.15, 0.2) is 5.13 Å². The molecule has 1 aromatic carbocycles. The lowest BCUT2D eigenvalue weighted by atomic mass is 9.81. The summed E-state index contributed by atoms with van der Waals surface area (Å²) in [5.41, 5.74) is 0.911. The summed E-state index contributed by atoms with van der Waals surface area (Å²) in [4.78, 5) is 18.3. The Labute approximate surface area is 155 Å². The topological polar surface area (TPSA) is 65.5 Å². The standard InChI is InChI=1S/C18H18ClN3O2S/c1-3-18(2,13-4-6-14(19)7-5-13)15-11-25-16(20-15)21-17(24)22-8-12(9-22)10-23/h1,4-7,11-12,23H,8-10H2,2H3,(H,20,21,24)/t18-/m0/s1. The largest absolute Gasteiger partial charge is 0.396 e. The third-order valence-electron chi connectivity index (χ3n) is 4.44. The van der Waals surface area contributed by atoms with Gasteiger partial charge in [-0.3, -0.25) is 5.32 Å². The van der Waals surface area contributed by atoms with Crippen molar-refractivity contribution in [3.05, 3.63) is 45.9 Å². The van der Waals surface area contributed by atoms with Gasteiger partial charge in [-0.1, -0.05) is 29.7 Å². The summed E-state index contributed by atoms with van der Waals surface area (Å²) in [6.45, 7) is 3.14. The van der Waals surface area contributed by atoms with Crippen molar-refractivity contribution in [1.29, 1.82) is 0 Å². The number of aliphatic hydroxyl groups is 1. The van der Waals surface area contributed by atoms with Crippen molar-refractivity contribution in [3.63, 3.8) is 0 Å². The normalized spacial score (nSPS) is 16.6. The van der Waals surface area contributed by atoms with Crippen molar-refractivity contribution in [2.75, 3.05) is 25.0 Å². The third kappa shape index (κ3) is 3.49. The Morgan fingerprint density at radius 2 is 2.20 bits per heavy atom. The van der Waals surface area contributed by atoms with Crippen LogP contribution in [0, 0.1) is 18.3 Å². The number of thiazole rings is 1. The number of nitrogens with one attached hydrogen (secondary N) is 1. The summed E-state index contributed by atoms with van der Waals surface area (Å²) >= 11 is 7.28. The van der Waals surface area contributed by atoms with Crippen molar-refractivity contribution in [2.24, 2.45) is 5.92 Å². The molecular formula is C18H18ClN3O2S. The molecule has 7 heteroatoms. The molecule has 0 spiro atoms. The van der Waals surface area contributed by atoms with Crippen LogP contribution in [-0.2, 0) is 5.41 Å². The van der Waals surface area contributed by atoms with Gasteiger partial charge in [0.05, 0.1) is 11.1 Å². The Morgan fingerprint density at radius 1 is 1.52 bits per heavy atom. The molecule has 2 N–H and O–H groups in total. The first kappa shape index (κ1) is 17.7. The van der Waals surface area contributed by atoms with E-state index < -0.39 is 5.41 Å². The number of aliphatic hydroxyl groups excluding tert-OH is 1. The maximum Gasteiger partial charge on any atom is 0.323 e. The molecule has 0 unspecified atom stereocenters. The Balaban J connectivity index is 1.74. The predicted molar refractivity (Wildman–Crippen MR) is 100 cm³/mol. The predicted octanol–water partition coefficient (Wildman–Crippen LogP) is 3.19. The molecule has 0 aliphatic carbocycles. The number of halogens is 1. The first-order valence-corrected chi connectivity index (χ1v) is 9.08. The molecule has 2 amide bonds. The van der Waals surface area contributed by atoms with Gasteiger partial charge in [0, 0.05) is 36.0 Å². The van der Waals surface area contributed by atoms with Crippen LogP contribution in [0.5, 0.6) is 0 Å². The van der Waals surface area contributed by atoms with E-state index in [1.165, 1.54) is 11.3 Å². The first-order chi connectivity index (χ1) is 12.0. The van der Waals surface area contributed by atoms with Crippen LogP contribution in [0.4, 0.5) is 9.93 Å². The molecule has 2 heterocycles. The number of anilines is 1. The van der Waals surface area contributed by atoms with Gasteiger partial charge in [0.25, 0.3) is 0 Å². The fourth-order valence-corrected chi connectivity index (χ4v) is 3.61. The lowest BCUT2D eigenvalue weighted by molar-refractivity contribution is 0.0838. The minimum atomic E-state index is -0.706. The van der Waals surface area contributed by atoms with Crippen LogP contribution in [0.25, 0.3) is 0 Å². The highest BCUT2D eigenvalue weighted by Gasteiger charge is 2.32. The van der Waals surface area contributed by atoms with E-state index in [0.29, 0.717) is 28.9 Å². The molecule has 0 bridgehead atoms. The zero-order chi connectivity index (χ0) is 18.0.